The Morgan fingerprint density at radius 3 is 2.46 bits per heavy atom. The maximum atomic E-state index is 10.1. The third-order valence-corrected chi connectivity index (χ3v) is 3.63. The maximum absolute atomic E-state index is 10.1. The van der Waals surface area contributed by atoms with Gasteiger partial charge in [0.15, 0.2) is 0 Å². The second-order valence-electron chi connectivity index (χ2n) is 5.46. The van der Waals surface area contributed by atoms with Gasteiger partial charge >= 0.3 is 0 Å². The minimum absolute atomic E-state index is 0.213. The van der Waals surface area contributed by atoms with Crippen molar-refractivity contribution < 1.29 is 14.6 Å². The predicted molar refractivity (Wildman–Crippen MR) is 92.2 cm³/mol. The molecule has 2 aromatic carbocycles. The smallest absolute Gasteiger partial charge is 0.119 e. The minimum atomic E-state index is -0.620. The number of imidazole rings is 1. The van der Waals surface area contributed by atoms with Gasteiger partial charge in [-0.15, -0.1) is 0 Å². The molecule has 5 heteroatoms. The Hall–Kier alpha value is -2.79. The molecular formula is C19H20N2O3. The predicted octanol–water partition coefficient (Wildman–Crippen LogP) is 3.00. The van der Waals surface area contributed by atoms with Gasteiger partial charge in [0.25, 0.3) is 0 Å². The van der Waals surface area contributed by atoms with Crippen LogP contribution in [0.25, 0.3) is 11.3 Å². The minimum Gasteiger partial charge on any atom is -0.497 e. The number of rotatable bonds is 7. The molecule has 1 atom stereocenters. The maximum Gasteiger partial charge on any atom is 0.119 e. The molecule has 0 amide bonds. The summed E-state index contributed by atoms with van der Waals surface area (Å²) < 4.78 is 12.6. The van der Waals surface area contributed by atoms with Gasteiger partial charge in [0.05, 0.1) is 25.7 Å². The van der Waals surface area contributed by atoms with E-state index in [1.54, 1.807) is 13.4 Å². The molecule has 3 rings (SSSR count). The molecule has 3 aromatic rings. The SMILES string of the molecule is COc1ccc(OCC(O)Cn2cnc(-c3ccccc3)c2)cc1. The van der Waals surface area contributed by atoms with Crippen molar-refractivity contribution in [2.24, 2.45) is 0 Å². The first-order valence-electron chi connectivity index (χ1n) is 7.77. The second-order valence-corrected chi connectivity index (χ2v) is 5.46. The van der Waals surface area contributed by atoms with E-state index in [0.29, 0.717) is 12.3 Å². The molecule has 1 heterocycles. The van der Waals surface area contributed by atoms with Gasteiger partial charge < -0.3 is 19.1 Å². The summed E-state index contributed by atoms with van der Waals surface area (Å²) in [5.74, 6) is 1.47. The first-order valence-corrected chi connectivity index (χ1v) is 7.77. The highest BCUT2D eigenvalue weighted by Crippen LogP contribution is 2.18. The lowest BCUT2D eigenvalue weighted by molar-refractivity contribution is 0.0924. The van der Waals surface area contributed by atoms with E-state index in [1.165, 1.54) is 0 Å². The zero-order valence-corrected chi connectivity index (χ0v) is 13.5. The van der Waals surface area contributed by atoms with Crippen LogP contribution >= 0.6 is 0 Å². The molecule has 0 saturated heterocycles. The molecule has 0 saturated carbocycles. The van der Waals surface area contributed by atoms with Crippen LogP contribution in [0.4, 0.5) is 0 Å². The summed E-state index contributed by atoms with van der Waals surface area (Å²) in [6, 6.07) is 17.2. The summed E-state index contributed by atoms with van der Waals surface area (Å²) in [4.78, 5) is 4.37. The van der Waals surface area contributed by atoms with Gasteiger partial charge in [0.1, 0.15) is 24.2 Å². The molecule has 5 nitrogen and oxygen atoms in total. The third kappa shape index (κ3) is 4.14. The lowest BCUT2D eigenvalue weighted by Crippen LogP contribution is -2.22. The Bertz CT molecular complexity index is 754. The Morgan fingerprint density at radius 1 is 1.04 bits per heavy atom. The lowest BCUT2D eigenvalue weighted by Gasteiger charge is -2.13. The quantitative estimate of drug-likeness (QED) is 0.726. The number of ether oxygens (including phenoxy) is 2. The van der Waals surface area contributed by atoms with Crippen molar-refractivity contribution in [3.05, 3.63) is 67.1 Å². The van der Waals surface area contributed by atoms with Crippen LogP contribution in [-0.4, -0.2) is 34.5 Å². The largest absolute Gasteiger partial charge is 0.497 e. The van der Waals surface area contributed by atoms with Crippen molar-refractivity contribution >= 4 is 0 Å². The first kappa shape index (κ1) is 16.1. The fourth-order valence-corrected chi connectivity index (χ4v) is 2.38. The Morgan fingerprint density at radius 2 is 1.75 bits per heavy atom. The average Bonchev–Trinajstić information content (AvgIpc) is 3.09. The molecule has 0 aliphatic heterocycles. The molecule has 1 aromatic heterocycles. The van der Waals surface area contributed by atoms with Crippen LogP contribution in [0.15, 0.2) is 67.1 Å². The summed E-state index contributed by atoms with van der Waals surface area (Å²) in [7, 11) is 1.62. The van der Waals surface area contributed by atoms with Crippen molar-refractivity contribution in [2.45, 2.75) is 12.6 Å². The van der Waals surface area contributed by atoms with Crippen LogP contribution in [0, 0.1) is 0 Å². The van der Waals surface area contributed by atoms with E-state index in [4.69, 9.17) is 9.47 Å². The number of hydrogen-bond donors (Lipinski definition) is 1. The Balaban J connectivity index is 1.53. The normalized spacial score (nSPS) is 11.9. The molecular weight excluding hydrogens is 304 g/mol. The van der Waals surface area contributed by atoms with E-state index in [-0.39, 0.29) is 6.61 Å². The number of benzene rings is 2. The number of aromatic nitrogens is 2. The number of aliphatic hydroxyl groups excluding tert-OH is 1. The van der Waals surface area contributed by atoms with E-state index >= 15 is 0 Å². The molecule has 1 unspecified atom stereocenters. The third-order valence-electron chi connectivity index (χ3n) is 3.63. The van der Waals surface area contributed by atoms with Crippen molar-refractivity contribution in [3.8, 4) is 22.8 Å². The van der Waals surface area contributed by atoms with Crippen LogP contribution in [0.1, 0.15) is 0 Å². The lowest BCUT2D eigenvalue weighted by atomic mass is 10.2. The fraction of sp³-hybridized carbons (Fsp3) is 0.211. The van der Waals surface area contributed by atoms with Crippen LogP contribution in [-0.2, 0) is 6.54 Å². The van der Waals surface area contributed by atoms with Gasteiger partial charge in [-0.2, -0.15) is 0 Å². The topological polar surface area (TPSA) is 56.5 Å². The standard InChI is InChI=1S/C19H20N2O3/c1-23-17-7-9-18(10-8-17)24-13-16(22)11-21-12-19(20-14-21)15-5-3-2-4-6-15/h2-10,12,14,16,22H,11,13H2,1H3. The van der Waals surface area contributed by atoms with E-state index in [0.717, 1.165) is 17.0 Å². The van der Waals surface area contributed by atoms with Crippen LogP contribution in [0.2, 0.25) is 0 Å². The zero-order valence-electron chi connectivity index (χ0n) is 13.5. The van der Waals surface area contributed by atoms with E-state index in [2.05, 4.69) is 4.98 Å². The molecule has 0 spiro atoms. The molecule has 0 bridgehead atoms. The number of hydrogen-bond acceptors (Lipinski definition) is 4. The van der Waals surface area contributed by atoms with Gasteiger partial charge in [-0.1, -0.05) is 30.3 Å². The molecule has 0 fully saturated rings. The highest BCUT2D eigenvalue weighted by Gasteiger charge is 2.08. The first-order chi connectivity index (χ1) is 11.7. The second kappa shape index (κ2) is 7.66. The summed E-state index contributed by atoms with van der Waals surface area (Å²) in [6.07, 6.45) is 3.02. The van der Waals surface area contributed by atoms with Crippen LogP contribution in [0.3, 0.4) is 0 Å². The zero-order chi connectivity index (χ0) is 16.8. The summed E-state index contributed by atoms with van der Waals surface area (Å²) in [6.45, 7) is 0.640. The molecule has 124 valence electrons. The summed E-state index contributed by atoms with van der Waals surface area (Å²) in [5, 5.41) is 10.1. The van der Waals surface area contributed by atoms with Gasteiger partial charge in [-0.3, -0.25) is 0 Å². The highest BCUT2D eigenvalue weighted by molar-refractivity contribution is 5.57. The van der Waals surface area contributed by atoms with Crippen LogP contribution in [0.5, 0.6) is 11.5 Å². The van der Waals surface area contributed by atoms with E-state index in [9.17, 15) is 5.11 Å². The van der Waals surface area contributed by atoms with E-state index in [1.807, 2.05) is 65.4 Å². The van der Waals surface area contributed by atoms with Crippen LogP contribution < -0.4 is 9.47 Å². The van der Waals surface area contributed by atoms with Crippen molar-refractivity contribution in [1.82, 2.24) is 9.55 Å². The van der Waals surface area contributed by atoms with Crippen molar-refractivity contribution in [1.29, 1.82) is 0 Å². The highest BCUT2D eigenvalue weighted by atomic mass is 16.5. The fourth-order valence-electron chi connectivity index (χ4n) is 2.38. The van der Waals surface area contributed by atoms with Gasteiger partial charge in [0.2, 0.25) is 0 Å². The molecule has 0 aliphatic carbocycles. The summed E-state index contributed by atoms with van der Waals surface area (Å²) in [5.41, 5.74) is 1.94. The van der Waals surface area contributed by atoms with E-state index < -0.39 is 6.10 Å². The van der Waals surface area contributed by atoms with Gasteiger partial charge in [0, 0.05) is 11.8 Å². The number of methoxy groups -OCH3 is 1. The van der Waals surface area contributed by atoms with Gasteiger partial charge in [-0.05, 0) is 24.3 Å². The number of nitrogens with zero attached hydrogens (tertiary/aromatic N) is 2. The monoisotopic (exact) mass is 324 g/mol. The van der Waals surface area contributed by atoms with Crippen molar-refractivity contribution in [2.75, 3.05) is 13.7 Å². The molecule has 24 heavy (non-hydrogen) atoms. The van der Waals surface area contributed by atoms with Gasteiger partial charge in [-0.25, -0.2) is 4.98 Å². The summed E-state index contributed by atoms with van der Waals surface area (Å²) >= 11 is 0. The molecule has 1 N–H and O–H groups in total. The average molecular weight is 324 g/mol. The molecule has 0 aliphatic rings. The number of aliphatic hydroxyl groups is 1. The van der Waals surface area contributed by atoms with Crippen molar-refractivity contribution in [3.63, 3.8) is 0 Å². The molecule has 0 radical (unpaired) electrons. The Kier molecular flexibility index (Phi) is 5.13. The Labute approximate surface area is 141 Å².